The summed E-state index contributed by atoms with van der Waals surface area (Å²) in [7, 11) is 0. The van der Waals surface area contributed by atoms with Gasteiger partial charge in [0.2, 0.25) is 5.91 Å². The van der Waals surface area contributed by atoms with Crippen molar-refractivity contribution in [1.29, 1.82) is 0 Å². The largest absolute Gasteiger partial charge is 0.390 e. The Kier molecular flexibility index (Phi) is 4.46. The molecule has 1 amide bonds. The Labute approximate surface area is 116 Å². The maximum absolute atomic E-state index is 11.4. The van der Waals surface area contributed by atoms with Gasteiger partial charge in [-0.1, -0.05) is 0 Å². The van der Waals surface area contributed by atoms with E-state index in [2.05, 4.69) is 15.0 Å². The number of aliphatic imine (C=N–C) groups is 1. The van der Waals surface area contributed by atoms with E-state index in [4.69, 9.17) is 16.7 Å². The molecule has 1 aliphatic carbocycles. The van der Waals surface area contributed by atoms with Gasteiger partial charge in [0, 0.05) is 5.92 Å². The van der Waals surface area contributed by atoms with Crippen LogP contribution in [0.5, 0.6) is 0 Å². The molecule has 108 valence electrons. The van der Waals surface area contributed by atoms with E-state index in [9.17, 15) is 4.79 Å². The van der Waals surface area contributed by atoms with Crippen molar-refractivity contribution >= 4 is 23.8 Å². The second-order valence-corrected chi connectivity index (χ2v) is 4.89. The van der Waals surface area contributed by atoms with Gasteiger partial charge >= 0.3 is 0 Å². The lowest BCUT2D eigenvalue weighted by molar-refractivity contribution is -0.133. The summed E-state index contributed by atoms with van der Waals surface area (Å²) in [6.07, 6.45) is 5.58. The summed E-state index contributed by atoms with van der Waals surface area (Å²) in [6, 6.07) is 0. The summed E-state index contributed by atoms with van der Waals surface area (Å²) in [6.45, 7) is 0. The molecule has 1 heterocycles. The summed E-state index contributed by atoms with van der Waals surface area (Å²) in [5.74, 6) is 0.123. The van der Waals surface area contributed by atoms with Crippen LogP contribution in [-0.4, -0.2) is 27.4 Å². The van der Waals surface area contributed by atoms with Crippen molar-refractivity contribution < 1.29 is 10.0 Å². The molecule has 0 radical (unpaired) electrons. The van der Waals surface area contributed by atoms with Crippen LogP contribution in [0.2, 0.25) is 0 Å². The summed E-state index contributed by atoms with van der Waals surface area (Å²) in [5, 5.41) is 8.65. The lowest BCUT2D eigenvalue weighted by Gasteiger charge is -2.12. The number of nitrogen functional groups attached to an aromatic ring is 1. The number of carbonyl (C=O) groups is 1. The Balaban J connectivity index is 2.08. The molecule has 2 atom stereocenters. The zero-order valence-electron chi connectivity index (χ0n) is 11.0. The van der Waals surface area contributed by atoms with Crippen molar-refractivity contribution in [3.63, 3.8) is 0 Å². The number of amides is 1. The summed E-state index contributed by atoms with van der Waals surface area (Å²) in [4.78, 5) is 23.5. The van der Waals surface area contributed by atoms with E-state index < -0.39 is 0 Å². The van der Waals surface area contributed by atoms with Crippen molar-refractivity contribution in [3.05, 3.63) is 12.0 Å². The maximum Gasteiger partial charge on any atom is 0.246 e. The number of rotatable bonds is 4. The van der Waals surface area contributed by atoms with Gasteiger partial charge < -0.3 is 11.5 Å². The first-order chi connectivity index (χ1) is 9.65. The first-order valence-corrected chi connectivity index (χ1v) is 6.43. The number of nitrogens with one attached hydrogen (secondary N) is 1. The van der Waals surface area contributed by atoms with Gasteiger partial charge in [0.05, 0.1) is 12.0 Å². The Bertz CT molecular complexity index is 519. The monoisotopic (exact) mass is 278 g/mol. The molecule has 1 aromatic heterocycles. The first kappa shape index (κ1) is 14.2. The molecule has 0 bridgehead atoms. The van der Waals surface area contributed by atoms with Gasteiger partial charge in [-0.15, -0.1) is 0 Å². The molecular formula is C12H18N6O2. The molecular weight excluding hydrogens is 260 g/mol. The molecule has 0 aliphatic heterocycles. The molecule has 2 rings (SSSR count). The molecule has 0 saturated heterocycles. The van der Waals surface area contributed by atoms with Crippen LogP contribution >= 0.6 is 0 Å². The third kappa shape index (κ3) is 3.02. The second-order valence-electron chi connectivity index (χ2n) is 4.89. The van der Waals surface area contributed by atoms with Crippen LogP contribution in [0.1, 0.15) is 25.0 Å². The minimum atomic E-state index is -0.324. The van der Waals surface area contributed by atoms with Crippen molar-refractivity contribution in [1.82, 2.24) is 15.4 Å². The fourth-order valence-corrected chi connectivity index (χ4v) is 2.66. The SMILES string of the molecule is NC=Nc1c(N)ncnc1C[C@H]1CC[C@H](C(=O)NO)C1. The Morgan fingerprint density at radius 1 is 1.55 bits per heavy atom. The third-order valence-corrected chi connectivity index (χ3v) is 3.63. The van der Waals surface area contributed by atoms with Crippen LogP contribution in [0, 0.1) is 11.8 Å². The number of aromatic nitrogens is 2. The molecule has 20 heavy (non-hydrogen) atoms. The van der Waals surface area contributed by atoms with Crippen molar-refractivity contribution in [2.75, 3.05) is 5.73 Å². The van der Waals surface area contributed by atoms with E-state index in [1.807, 2.05) is 0 Å². The minimum Gasteiger partial charge on any atom is -0.390 e. The molecule has 6 N–H and O–H groups in total. The molecule has 1 saturated carbocycles. The van der Waals surface area contributed by atoms with Crippen LogP contribution < -0.4 is 16.9 Å². The molecule has 1 fully saturated rings. The lowest BCUT2D eigenvalue weighted by atomic mass is 9.98. The maximum atomic E-state index is 11.4. The summed E-state index contributed by atoms with van der Waals surface area (Å²) < 4.78 is 0. The Hall–Kier alpha value is -2.22. The number of hydroxylamine groups is 1. The average Bonchev–Trinajstić information content (AvgIpc) is 2.90. The number of nitrogens with zero attached hydrogens (tertiary/aromatic N) is 3. The molecule has 8 heteroatoms. The highest BCUT2D eigenvalue weighted by Gasteiger charge is 2.30. The predicted molar refractivity (Wildman–Crippen MR) is 73.2 cm³/mol. The highest BCUT2D eigenvalue weighted by atomic mass is 16.5. The van der Waals surface area contributed by atoms with Gasteiger partial charge in [-0.25, -0.2) is 20.4 Å². The normalized spacial score (nSPS) is 22.2. The Morgan fingerprint density at radius 3 is 3.05 bits per heavy atom. The van der Waals surface area contributed by atoms with E-state index in [-0.39, 0.29) is 11.8 Å². The quantitative estimate of drug-likeness (QED) is 0.267. The van der Waals surface area contributed by atoms with Crippen molar-refractivity contribution in [2.24, 2.45) is 22.6 Å². The van der Waals surface area contributed by atoms with E-state index in [0.717, 1.165) is 24.9 Å². The van der Waals surface area contributed by atoms with Crippen LogP contribution in [-0.2, 0) is 11.2 Å². The topological polar surface area (TPSA) is 140 Å². The molecule has 8 nitrogen and oxygen atoms in total. The van der Waals surface area contributed by atoms with Crippen molar-refractivity contribution in [3.8, 4) is 0 Å². The van der Waals surface area contributed by atoms with E-state index in [1.54, 1.807) is 5.48 Å². The zero-order chi connectivity index (χ0) is 14.5. The Morgan fingerprint density at radius 2 is 2.35 bits per heavy atom. The van der Waals surface area contributed by atoms with Gasteiger partial charge in [0.1, 0.15) is 12.0 Å². The van der Waals surface area contributed by atoms with Gasteiger partial charge in [0.15, 0.2) is 5.82 Å². The third-order valence-electron chi connectivity index (χ3n) is 3.63. The number of hydrogen-bond donors (Lipinski definition) is 4. The average molecular weight is 278 g/mol. The number of carbonyl (C=O) groups excluding carboxylic acids is 1. The number of nitrogens with two attached hydrogens (primary N) is 2. The van der Waals surface area contributed by atoms with E-state index >= 15 is 0 Å². The molecule has 1 aromatic rings. The van der Waals surface area contributed by atoms with Crippen LogP contribution in [0.4, 0.5) is 11.5 Å². The highest BCUT2D eigenvalue weighted by molar-refractivity contribution is 5.77. The molecule has 0 unspecified atom stereocenters. The fourth-order valence-electron chi connectivity index (χ4n) is 2.66. The van der Waals surface area contributed by atoms with Gasteiger partial charge in [-0.05, 0) is 31.6 Å². The lowest BCUT2D eigenvalue weighted by Crippen LogP contribution is -2.26. The summed E-state index contributed by atoms with van der Waals surface area (Å²) in [5.41, 5.74) is 14.0. The molecule has 0 spiro atoms. The van der Waals surface area contributed by atoms with E-state index in [0.29, 0.717) is 30.3 Å². The van der Waals surface area contributed by atoms with Gasteiger partial charge in [-0.2, -0.15) is 0 Å². The fraction of sp³-hybridized carbons (Fsp3) is 0.500. The minimum absolute atomic E-state index is 0.148. The van der Waals surface area contributed by atoms with Crippen LogP contribution in [0.25, 0.3) is 0 Å². The number of anilines is 1. The standard InChI is InChI=1S/C12H18N6O2/c13-5-15-10-9(16-6-17-11(10)14)4-7-1-2-8(3-7)12(19)18-20/h5-8,20H,1-4H2,(H2,13,15)(H,18,19)(H2,14,16,17)/t7-,8-/m0/s1. The predicted octanol–water partition coefficient (Wildman–Crippen LogP) is 0.141. The van der Waals surface area contributed by atoms with Crippen molar-refractivity contribution in [2.45, 2.75) is 25.7 Å². The molecule has 0 aromatic carbocycles. The van der Waals surface area contributed by atoms with Crippen LogP contribution in [0.3, 0.4) is 0 Å². The van der Waals surface area contributed by atoms with Gasteiger partial charge in [0.25, 0.3) is 0 Å². The highest BCUT2D eigenvalue weighted by Crippen LogP contribution is 2.35. The smallest absolute Gasteiger partial charge is 0.246 e. The first-order valence-electron chi connectivity index (χ1n) is 6.43. The van der Waals surface area contributed by atoms with E-state index in [1.165, 1.54) is 6.33 Å². The van der Waals surface area contributed by atoms with Crippen LogP contribution in [0.15, 0.2) is 11.3 Å². The number of hydrogen-bond acceptors (Lipinski definition) is 6. The zero-order valence-corrected chi connectivity index (χ0v) is 11.0. The molecule has 1 aliphatic rings. The van der Waals surface area contributed by atoms with Gasteiger partial charge in [-0.3, -0.25) is 10.0 Å². The summed E-state index contributed by atoms with van der Waals surface area (Å²) >= 11 is 0. The second kappa shape index (κ2) is 6.29.